The molecule has 1 aliphatic heterocycles. The third-order valence-corrected chi connectivity index (χ3v) is 5.84. The van der Waals surface area contributed by atoms with Crippen LogP contribution < -0.4 is 10.2 Å². The minimum Gasteiger partial charge on any atom is -0.387 e. The maximum absolute atomic E-state index is 4.49. The Hall–Kier alpha value is -1.44. The Morgan fingerprint density at radius 2 is 1.84 bits per heavy atom. The van der Waals surface area contributed by atoms with Crippen molar-refractivity contribution in [2.75, 3.05) is 49.7 Å². The Kier molecular flexibility index (Phi) is 6.09. The molecule has 0 aliphatic carbocycles. The number of hydrogen-bond donors (Lipinski definition) is 2. The Morgan fingerprint density at radius 1 is 1.16 bits per heavy atom. The summed E-state index contributed by atoms with van der Waals surface area (Å²) in [6.45, 7) is 6.18. The molecular weight excluding hydrogens is 350 g/mol. The minimum absolute atomic E-state index is 0.378. The SMILES string of the molecule is CNc1cc(C(C)N2CCN(c3ncc(SC)cn3)CC2)ccc1S. The molecule has 1 aliphatic rings. The van der Waals surface area contributed by atoms with Crippen molar-refractivity contribution in [3.05, 3.63) is 36.2 Å². The summed E-state index contributed by atoms with van der Waals surface area (Å²) >= 11 is 6.16. The van der Waals surface area contributed by atoms with Crippen molar-refractivity contribution in [3.8, 4) is 0 Å². The third-order valence-electron chi connectivity index (χ3n) is 4.77. The van der Waals surface area contributed by atoms with Crippen molar-refractivity contribution in [2.24, 2.45) is 0 Å². The van der Waals surface area contributed by atoms with Gasteiger partial charge < -0.3 is 10.2 Å². The van der Waals surface area contributed by atoms with E-state index in [1.165, 1.54) is 5.56 Å². The molecule has 2 heterocycles. The zero-order valence-electron chi connectivity index (χ0n) is 14.9. The fraction of sp³-hybridized carbons (Fsp3) is 0.444. The second-order valence-electron chi connectivity index (χ2n) is 6.15. The van der Waals surface area contributed by atoms with Gasteiger partial charge in [0.25, 0.3) is 0 Å². The molecule has 0 spiro atoms. The van der Waals surface area contributed by atoms with Crippen LogP contribution in [-0.2, 0) is 0 Å². The summed E-state index contributed by atoms with van der Waals surface area (Å²) in [5, 5.41) is 3.21. The van der Waals surface area contributed by atoms with Gasteiger partial charge in [0, 0.05) is 67.1 Å². The van der Waals surface area contributed by atoms with Gasteiger partial charge in [0.05, 0.1) is 0 Å². The lowest BCUT2D eigenvalue weighted by Crippen LogP contribution is -2.47. The lowest BCUT2D eigenvalue weighted by Gasteiger charge is -2.38. The van der Waals surface area contributed by atoms with E-state index in [1.54, 1.807) is 11.8 Å². The molecule has 5 nitrogen and oxygen atoms in total. The van der Waals surface area contributed by atoms with Gasteiger partial charge in [0.1, 0.15) is 0 Å². The first-order chi connectivity index (χ1) is 12.1. The number of rotatable bonds is 5. The third kappa shape index (κ3) is 4.22. The Bertz CT molecular complexity index is 699. The quantitative estimate of drug-likeness (QED) is 0.617. The lowest BCUT2D eigenvalue weighted by atomic mass is 10.1. The van der Waals surface area contributed by atoms with E-state index in [0.717, 1.165) is 47.6 Å². The number of thioether (sulfide) groups is 1. The molecule has 25 heavy (non-hydrogen) atoms. The van der Waals surface area contributed by atoms with E-state index in [0.29, 0.717) is 6.04 Å². The Balaban J connectivity index is 1.63. The molecule has 1 unspecified atom stereocenters. The molecule has 1 N–H and O–H groups in total. The largest absolute Gasteiger partial charge is 0.387 e. The van der Waals surface area contributed by atoms with Crippen LogP contribution in [-0.4, -0.2) is 54.4 Å². The van der Waals surface area contributed by atoms with Crippen LogP contribution in [0.25, 0.3) is 0 Å². The number of piperazine rings is 1. The fourth-order valence-corrected chi connectivity index (χ4v) is 3.68. The van der Waals surface area contributed by atoms with Gasteiger partial charge in [-0.25, -0.2) is 9.97 Å². The van der Waals surface area contributed by atoms with E-state index >= 15 is 0 Å². The molecule has 7 heteroatoms. The summed E-state index contributed by atoms with van der Waals surface area (Å²) in [7, 11) is 1.94. The molecule has 1 aromatic carbocycles. The van der Waals surface area contributed by atoms with Crippen LogP contribution in [0, 0.1) is 0 Å². The van der Waals surface area contributed by atoms with Gasteiger partial charge >= 0.3 is 0 Å². The van der Waals surface area contributed by atoms with Crippen LogP contribution in [0.3, 0.4) is 0 Å². The van der Waals surface area contributed by atoms with Crippen LogP contribution in [0.1, 0.15) is 18.5 Å². The Labute approximate surface area is 159 Å². The summed E-state index contributed by atoms with van der Waals surface area (Å²) in [4.78, 5) is 15.8. The fourth-order valence-electron chi connectivity index (χ4n) is 3.11. The average Bonchev–Trinajstić information content (AvgIpc) is 2.68. The summed E-state index contributed by atoms with van der Waals surface area (Å²) in [6, 6.07) is 6.81. The van der Waals surface area contributed by atoms with E-state index in [1.807, 2.05) is 25.7 Å². The average molecular weight is 376 g/mol. The summed E-state index contributed by atoms with van der Waals surface area (Å²) < 4.78 is 0. The maximum atomic E-state index is 4.49. The van der Waals surface area contributed by atoms with E-state index < -0.39 is 0 Å². The van der Waals surface area contributed by atoms with Gasteiger partial charge in [0.15, 0.2) is 0 Å². The van der Waals surface area contributed by atoms with E-state index in [9.17, 15) is 0 Å². The van der Waals surface area contributed by atoms with Crippen molar-refractivity contribution < 1.29 is 0 Å². The van der Waals surface area contributed by atoms with Gasteiger partial charge in [-0.15, -0.1) is 24.4 Å². The van der Waals surface area contributed by atoms with Gasteiger partial charge in [0.2, 0.25) is 5.95 Å². The van der Waals surface area contributed by atoms with Crippen molar-refractivity contribution >= 4 is 36.0 Å². The molecule has 1 saturated heterocycles. The van der Waals surface area contributed by atoms with E-state index in [2.05, 4.69) is 62.8 Å². The summed E-state index contributed by atoms with van der Waals surface area (Å²) in [5.74, 6) is 0.835. The topological polar surface area (TPSA) is 44.3 Å². The van der Waals surface area contributed by atoms with E-state index in [4.69, 9.17) is 0 Å². The molecule has 0 bridgehead atoms. The molecule has 134 valence electrons. The predicted octanol–water partition coefficient (Wildman–Crippen LogP) is 3.41. The van der Waals surface area contributed by atoms with Crippen LogP contribution >= 0.6 is 24.4 Å². The molecule has 1 fully saturated rings. The number of anilines is 2. The number of aromatic nitrogens is 2. The van der Waals surface area contributed by atoms with Gasteiger partial charge in [-0.2, -0.15) is 0 Å². The highest BCUT2D eigenvalue weighted by Crippen LogP contribution is 2.28. The lowest BCUT2D eigenvalue weighted by molar-refractivity contribution is 0.198. The molecule has 0 amide bonds. The maximum Gasteiger partial charge on any atom is 0.225 e. The van der Waals surface area contributed by atoms with E-state index in [-0.39, 0.29) is 0 Å². The number of nitrogens with zero attached hydrogens (tertiary/aromatic N) is 4. The molecule has 1 aromatic heterocycles. The first-order valence-corrected chi connectivity index (χ1v) is 10.1. The highest BCUT2D eigenvalue weighted by atomic mass is 32.2. The van der Waals surface area contributed by atoms with Crippen LogP contribution in [0.5, 0.6) is 0 Å². The van der Waals surface area contributed by atoms with Crippen molar-refractivity contribution in [2.45, 2.75) is 22.8 Å². The molecule has 2 aromatic rings. The second kappa shape index (κ2) is 8.29. The monoisotopic (exact) mass is 375 g/mol. The smallest absolute Gasteiger partial charge is 0.225 e. The van der Waals surface area contributed by atoms with Crippen LogP contribution in [0.4, 0.5) is 11.6 Å². The molecule has 0 saturated carbocycles. The first-order valence-electron chi connectivity index (χ1n) is 8.48. The second-order valence-corrected chi connectivity index (χ2v) is 7.51. The first kappa shape index (κ1) is 18.4. The normalized spacial score (nSPS) is 16.7. The van der Waals surface area contributed by atoms with Gasteiger partial charge in [-0.3, -0.25) is 4.90 Å². The zero-order chi connectivity index (χ0) is 17.8. The standard InChI is InChI=1S/C18H25N5S2/c1-13(14-4-5-17(24)16(10-14)19-2)22-6-8-23(9-7-22)18-20-11-15(25-3)12-21-18/h4-5,10-13,19,24H,6-9H2,1-3H3. The number of thiol groups is 1. The van der Waals surface area contributed by atoms with Crippen LogP contribution in [0.2, 0.25) is 0 Å². The highest BCUT2D eigenvalue weighted by Gasteiger charge is 2.23. The Morgan fingerprint density at radius 3 is 2.44 bits per heavy atom. The number of hydrogen-bond acceptors (Lipinski definition) is 7. The molecular formula is C18H25N5S2. The van der Waals surface area contributed by atoms with Crippen LogP contribution in [0.15, 0.2) is 40.4 Å². The number of nitrogens with one attached hydrogen (secondary N) is 1. The van der Waals surface area contributed by atoms with Gasteiger partial charge in [-0.1, -0.05) is 6.07 Å². The van der Waals surface area contributed by atoms with Crippen molar-refractivity contribution in [1.82, 2.24) is 14.9 Å². The summed E-state index contributed by atoms with van der Waals surface area (Å²) in [5.41, 5.74) is 2.39. The molecule has 3 rings (SSSR count). The highest BCUT2D eigenvalue weighted by molar-refractivity contribution is 7.98. The molecule has 1 atom stereocenters. The zero-order valence-corrected chi connectivity index (χ0v) is 16.6. The van der Waals surface area contributed by atoms with Crippen molar-refractivity contribution in [1.29, 1.82) is 0 Å². The van der Waals surface area contributed by atoms with Crippen molar-refractivity contribution in [3.63, 3.8) is 0 Å². The minimum atomic E-state index is 0.378. The number of benzene rings is 1. The van der Waals surface area contributed by atoms with Gasteiger partial charge in [-0.05, 0) is 30.9 Å². The molecule has 0 radical (unpaired) electrons. The summed E-state index contributed by atoms with van der Waals surface area (Å²) in [6.07, 6.45) is 5.85. The predicted molar refractivity (Wildman–Crippen MR) is 109 cm³/mol.